The molecule has 94 valence electrons. The van der Waals surface area contributed by atoms with Crippen molar-refractivity contribution in [1.82, 2.24) is 9.55 Å². The maximum atomic E-state index is 12.1. The fourth-order valence-corrected chi connectivity index (χ4v) is 2.19. The number of aryl methyl sites for hydroxylation is 1. The fraction of sp³-hybridized carbons (Fsp3) is 0.231. The van der Waals surface area contributed by atoms with Gasteiger partial charge >= 0.3 is 0 Å². The van der Waals surface area contributed by atoms with Crippen molar-refractivity contribution in [2.45, 2.75) is 19.9 Å². The lowest BCUT2D eigenvalue weighted by Crippen LogP contribution is -2.16. The second-order valence-corrected chi connectivity index (χ2v) is 4.85. The van der Waals surface area contributed by atoms with Crippen molar-refractivity contribution in [3.05, 3.63) is 47.0 Å². The number of rotatable bonds is 4. The Hall–Kier alpha value is -1.62. The summed E-state index contributed by atoms with van der Waals surface area (Å²) in [7, 11) is 0. The Balaban J connectivity index is 2.18. The quantitative estimate of drug-likeness (QED) is 0.942. The number of carbonyl (C=O) groups excluding carboxylic acids is 1. The third-order valence-corrected chi connectivity index (χ3v) is 2.91. The van der Waals surface area contributed by atoms with E-state index in [9.17, 15) is 4.79 Å². The molecule has 2 aromatic rings. The molecule has 2 aromatic heterocycles. The number of hydrogen-bond acceptors (Lipinski definition) is 2. The summed E-state index contributed by atoms with van der Waals surface area (Å²) in [4.78, 5) is 16.1. The molecule has 0 radical (unpaired) electrons. The van der Waals surface area contributed by atoms with Crippen LogP contribution >= 0.6 is 15.9 Å². The van der Waals surface area contributed by atoms with Crippen molar-refractivity contribution in [3.63, 3.8) is 0 Å². The van der Waals surface area contributed by atoms with E-state index in [1.807, 2.05) is 22.9 Å². The minimum Gasteiger partial charge on any atom is -0.342 e. The first kappa shape index (κ1) is 12.8. The standard InChI is InChI=1S/C13H14BrN3O/c1-2-6-17-9-10(14)7-12(17)13(18)16-11-4-3-5-15-8-11/h3-5,7-9H,2,6H2,1H3,(H,16,18). The van der Waals surface area contributed by atoms with E-state index in [-0.39, 0.29) is 5.91 Å². The number of nitrogens with zero attached hydrogens (tertiary/aromatic N) is 2. The molecule has 0 spiro atoms. The van der Waals surface area contributed by atoms with Gasteiger partial charge in [0.2, 0.25) is 0 Å². The van der Waals surface area contributed by atoms with Gasteiger partial charge in [0, 0.05) is 23.4 Å². The molecule has 0 atom stereocenters. The Morgan fingerprint density at radius 3 is 3.06 bits per heavy atom. The zero-order valence-corrected chi connectivity index (χ0v) is 11.6. The second-order valence-electron chi connectivity index (χ2n) is 3.93. The number of aromatic nitrogens is 2. The molecule has 0 aliphatic rings. The molecule has 4 nitrogen and oxygen atoms in total. The Kier molecular flexibility index (Phi) is 4.15. The van der Waals surface area contributed by atoms with Crippen LogP contribution in [0.1, 0.15) is 23.8 Å². The number of hydrogen-bond donors (Lipinski definition) is 1. The van der Waals surface area contributed by atoms with Crippen LogP contribution in [0.15, 0.2) is 41.3 Å². The van der Waals surface area contributed by atoms with E-state index in [1.54, 1.807) is 18.5 Å². The summed E-state index contributed by atoms with van der Waals surface area (Å²) in [6.45, 7) is 2.90. The van der Waals surface area contributed by atoms with Crippen LogP contribution in [0.25, 0.3) is 0 Å². The molecule has 0 aliphatic carbocycles. The molecule has 5 heteroatoms. The summed E-state index contributed by atoms with van der Waals surface area (Å²) in [6.07, 6.45) is 6.20. The van der Waals surface area contributed by atoms with Crippen LogP contribution in [0.5, 0.6) is 0 Å². The number of pyridine rings is 1. The molecule has 1 N–H and O–H groups in total. The Labute approximate surface area is 114 Å². The number of carbonyl (C=O) groups is 1. The van der Waals surface area contributed by atoms with Gasteiger partial charge in [-0.2, -0.15) is 0 Å². The molecule has 0 aromatic carbocycles. The third kappa shape index (κ3) is 2.98. The maximum Gasteiger partial charge on any atom is 0.272 e. The van der Waals surface area contributed by atoms with E-state index >= 15 is 0 Å². The Morgan fingerprint density at radius 2 is 2.39 bits per heavy atom. The summed E-state index contributed by atoms with van der Waals surface area (Å²) in [6, 6.07) is 5.42. The highest BCUT2D eigenvalue weighted by molar-refractivity contribution is 9.10. The summed E-state index contributed by atoms with van der Waals surface area (Å²) in [5.41, 5.74) is 1.34. The van der Waals surface area contributed by atoms with Crippen molar-refractivity contribution in [2.75, 3.05) is 5.32 Å². The summed E-state index contributed by atoms with van der Waals surface area (Å²) < 4.78 is 2.85. The summed E-state index contributed by atoms with van der Waals surface area (Å²) >= 11 is 3.39. The molecule has 2 heterocycles. The Bertz CT molecular complexity index is 536. The molecular formula is C13H14BrN3O. The van der Waals surface area contributed by atoms with Gasteiger partial charge in [-0.3, -0.25) is 9.78 Å². The van der Waals surface area contributed by atoms with Gasteiger partial charge in [0.25, 0.3) is 5.91 Å². The smallest absolute Gasteiger partial charge is 0.272 e. The van der Waals surface area contributed by atoms with Crippen LogP contribution in [0, 0.1) is 0 Å². The lowest BCUT2D eigenvalue weighted by molar-refractivity contribution is 0.101. The first-order chi connectivity index (χ1) is 8.70. The zero-order chi connectivity index (χ0) is 13.0. The topological polar surface area (TPSA) is 46.9 Å². The van der Waals surface area contributed by atoms with Gasteiger partial charge < -0.3 is 9.88 Å². The fourth-order valence-electron chi connectivity index (χ4n) is 1.72. The number of anilines is 1. The number of nitrogens with one attached hydrogen (secondary N) is 1. The summed E-state index contributed by atoms with van der Waals surface area (Å²) in [5, 5.41) is 2.83. The van der Waals surface area contributed by atoms with Gasteiger partial charge in [-0.1, -0.05) is 6.92 Å². The predicted octanol–water partition coefficient (Wildman–Crippen LogP) is 3.31. The Morgan fingerprint density at radius 1 is 1.56 bits per heavy atom. The third-order valence-electron chi connectivity index (χ3n) is 2.48. The lowest BCUT2D eigenvalue weighted by atomic mass is 10.3. The average Bonchev–Trinajstić information content (AvgIpc) is 2.72. The largest absolute Gasteiger partial charge is 0.342 e. The van der Waals surface area contributed by atoms with Crippen LogP contribution in [0.4, 0.5) is 5.69 Å². The van der Waals surface area contributed by atoms with E-state index in [0.717, 1.165) is 17.4 Å². The SMILES string of the molecule is CCCn1cc(Br)cc1C(=O)Nc1cccnc1. The molecule has 0 aliphatic heterocycles. The first-order valence-electron chi connectivity index (χ1n) is 5.77. The molecule has 0 saturated heterocycles. The minimum atomic E-state index is -0.123. The van der Waals surface area contributed by atoms with Crippen molar-refractivity contribution in [1.29, 1.82) is 0 Å². The second kappa shape index (κ2) is 5.82. The van der Waals surface area contributed by atoms with Gasteiger partial charge in [0.05, 0.1) is 11.9 Å². The number of halogens is 1. The highest BCUT2D eigenvalue weighted by Gasteiger charge is 2.12. The van der Waals surface area contributed by atoms with Gasteiger partial charge in [0.1, 0.15) is 5.69 Å². The van der Waals surface area contributed by atoms with Crippen LogP contribution in [0.3, 0.4) is 0 Å². The molecule has 18 heavy (non-hydrogen) atoms. The monoisotopic (exact) mass is 307 g/mol. The number of amides is 1. The highest BCUT2D eigenvalue weighted by atomic mass is 79.9. The minimum absolute atomic E-state index is 0.123. The predicted molar refractivity (Wildman–Crippen MR) is 74.6 cm³/mol. The van der Waals surface area contributed by atoms with Crippen LogP contribution in [0.2, 0.25) is 0 Å². The van der Waals surface area contributed by atoms with E-state index in [0.29, 0.717) is 11.4 Å². The molecular weight excluding hydrogens is 294 g/mol. The van der Waals surface area contributed by atoms with Gasteiger partial charge in [0.15, 0.2) is 0 Å². The van der Waals surface area contributed by atoms with Crippen molar-refractivity contribution in [3.8, 4) is 0 Å². The van der Waals surface area contributed by atoms with E-state index < -0.39 is 0 Å². The van der Waals surface area contributed by atoms with Crippen LogP contribution in [-0.4, -0.2) is 15.5 Å². The van der Waals surface area contributed by atoms with Crippen LogP contribution < -0.4 is 5.32 Å². The summed E-state index contributed by atoms with van der Waals surface area (Å²) in [5.74, 6) is -0.123. The van der Waals surface area contributed by atoms with Gasteiger partial charge in [-0.15, -0.1) is 0 Å². The normalized spacial score (nSPS) is 10.3. The molecule has 2 rings (SSSR count). The highest BCUT2D eigenvalue weighted by Crippen LogP contribution is 2.17. The maximum absolute atomic E-state index is 12.1. The van der Waals surface area contributed by atoms with Gasteiger partial charge in [-0.25, -0.2) is 0 Å². The average molecular weight is 308 g/mol. The first-order valence-corrected chi connectivity index (χ1v) is 6.57. The van der Waals surface area contributed by atoms with Gasteiger partial charge in [-0.05, 0) is 40.5 Å². The van der Waals surface area contributed by atoms with E-state index in [4.69, 9.17) is 0 Å². The molecule has 0 fully saturated rings. The zero-order valence-electron chi connectivity index (χ0n) is 10.1. The van der Waals surface area contributed by atoms with Crippen molar-refractivity contribution in [2.24, 2.45) is 0 Å². The van der Waals surface area contributed by atoms with E-state index in [1.165, 1.54) is 0 Å². The molecule has 0 unspecified atom stereocenters. The van der Waals surface area contributed by atoms with E-state index in [2.05, 4.69) is 33.2 Å². The molecule has 0 bridgehead atoms. The van der Waals surface area contributed by atoms with Crippen molar-refractivity contribution < 1.29 is 4.79 Å². The molecule has 1 amide bonds. The van der Waals surface area contributed by atoms with Crippen LogP contribution in [-0.2, 0) is 6.54 Å². The molecule has 0 saturated carbocycles. The lowest BCUT2D eigenvalue weighted by Gasteiger charge is -2.08. The van der Waals surface area contributed by atoms with Crippen molar-refractivity contribution >= 4 is 27.5 Å².